The maximum atomic E-state index is 13.3. The van der Waals surface area contributed by atoms with Gasteiger partial charge in [0.05, 0.1) is 31.3 Å². The van der Waals surface area contributed by atoms with Crippen LogP contribution in [0.2, 0.25) is 0 Å². The van der Waals surface area contributed by atoms with Crippen molar-refractivity contribution in [3.8, 4) is 0 Å². The van der Waals surface area contributed by atoms with E-state index < -0.39 is 28.0 Å². The highest BCUT2D eigenvalue weighted by Crippen LogP contribution is 2.22. The first kappa shape index (κ1) is 31.1. The van der Waals surface area contributed by atoms with E-state index in [0.717, 1.165) is 38.4 Å². The molecule has 0 aromatic heterocycles. The summed E-state index contributed by atoms with van der Waals surface area (Å²) in [7, 11) is -3.65. The summed E-state index contributed by atoms with van der Waals surface area (Å²) in [5.74, 6) is -3.89. The Labute approximate surface area is 232 Å². The normalized spacial score (nSPS) is 17.2. The number of carboxylic acid groups (broad SMARTS) is 2. The van der Waals surface area contributed by atoms with Crippen LogP contribution in [-0.4, -0.2) is 111 Å². The second-order valence-electron chi connectivity index (χ2n) is 8.90. The first-order valence-corrected chi connectivity index (χ1v) is 14.2. The van der Waals surface area contributed by atoms with Gasteiger partial charge in [-0.15, -0.1) is 0 Å². The van der Waals surface area contributed by atoms with Crippen molar-refractivity contribution in [2.24, 2.45) is 0 Å². The summed E-state index contributed by atoms with van der Waals surface area (Å²) in [4.78, 5) is 33.9. The van der Waals surface area contributed by atoms with Crippen LogP contribution in [0.1, 0.15) is 11.6 Å². The molecule has 2 aromatic carbocycles. The summed E-state index contributed by atoms with van der Waals surface area (Å²) in [5, 5.41) is 21.0. The summed E-state index contributed by atoms with van der Waals surface area (Å²) < 4.78 is 38.1. The number of hydrogen-bond acceptors (Lipinski definition) is 9. The Balaban J connectivity index is 0.000000663. The lowest BCUT2D eigenvalue weighted by Gasteiger charge is -2.27. The summed E-state index contributed by atoms with van der Waals surface area (Å²) in [6.07, 6.45) is 0. The molecular formula is C26H34N4O9S. The van der Waals surface area contributed by atoms with Crippen LogP contribution in [0.3, 0.4) is 0 Å². The van der Waals surface area contributed by atoms with Gasteiger partial charge in [-0.2, -0.15) is 4.31 Å². The lowest BCUT2D eigenvalue weighted by Crippen LogP contribution is -2.42. The Hall–Kier alpha value is -3.40. The number of rotatable bonds is 9. The third-order valence-electron chi connectivity index (χ3n) is 6.17. The largest absolute Gasteiger partial charge is 0.473 e. The molecule has 1 atom stereocenters. The van der Waals surface area contributed by atoms with E-state index in [1.54, 1.807) is 18.2 Å². The monoisotopic (exact) mass is 578 g/mol. The quantitative estimate of drug-likeness (QED) is 0.304. The predicted molar refractivity (Wildman–Crippen MR) is 144 cm³/mol. The summed E-state index contributed by atoms with van der Waals surface area (Å²) in [6.45, 7) is 6.08. The van der Waals surface area contributed by atoms with E-state index in [4.69, 9.17) is 29.3 Å². The van der Waals surface area contributed by atoms with Crippen LogP contribution in [0.5, 0.6) is 0 Å². The zero-order valence-electron chi connectivity index (χ0n) is 21.9. The van der Waals surface area contributed by atoms with Crippen LogP contribution in [0, 0.1) is 0 Å². The third-order valence-corrected chi connectivity index (χ3v) is 8.06. The van der Waals surface area contributed by atoms with Crippen LogP contribution in [0.15, 0.2) is 59.5 Å². The first-order valence-electron chi connectivity index (χ1n) is 12.7. The molecular weight excluding hydrogens is 544 g/mol. The minimum Gasteiger partial charge on any atom is -0.473 e. The maximum Gasteiger partial charge on any atom is 0.414 e. The standard InChI is InChI=1S/C24H32N4O5S.C2H2O4/c29-24(23(20-5-2-1-3-6-20)25-9-10-27-11-15-32-16-12-27)26-21-7-4-8-22(19-21)34(30,31)28-13-17-33-18-14-28;3-1(4)2(5)6/h1-8,19,23,25H,9-18H2,(H,26,29);(H,3,4)(H,5,6). The molecule has 2 aliphatic heterocycles. The molecule has 218 valence electrons. The SMILES string of the molecule is O=C(Nc1cccc(S(=O)(=O)N2CCOCC2)c1)C(NCCN1CCOCC1)c1ccccc1.O=C(O)C(=O)O. The van der Waals surface area contributed by atoms with E-state index in [9.17, 15) is 13.2 Å². The second kappa shape index (κ2) is 15.4. The van der Waals surface area contributed by atoms with Gasteiger partial charge in [0.15, 0.2) is 0 Å². The fourth-order valence-corrected chi connectivity index (χ4v) is 5.54. The lowest BCUT2D eigenvalue weighted by molar-refractivity contribution is -0.159. The van der Waals surface area contributed by atoms with Crippen LogP contribution >= 0.6 is 0 Å². The van der Waals surface area contributed by atoms with E-state index in [0.29, 0.717) is 38.5 Å². The average Bonchev–Trinajstić information content (AvgIpc) is 2.97. The summed E-state index contributed by atoms with van der Waals surface area (Å²) in [5.41, 5.74) is 1.29. The highest BCUT2D eigenvalue weighted by Gasteiger charge is 2.27. The molecule has 0 aliphatic carbocycles. The molecule has 1 unspecified atom stereocenters. The Morgan fingerprint density at radius 1 is 0.850 bits per heavy atom. The smallest absolute Gasteiger partial charge is 0.414 e. The topological polar surface area (TPSA) is 175 Å². The summed E-state index contributed by atoms with van der Waals surface area (Å²) in [6, 6.07) is 15.4. The van der Waals surface area contributed by atoms with Crippen LogP contribution < -0.4 is 10.6 Å². The van der Waals surface area contributed by atoms with Crippen molar-refractivity contribution in [3.63, 3.8) is 0 Å². The van der Waals surface area contributed by atoms with Crippen LogP contribution in [0.25, 0.3) is 0 Å². The van der Waals surface area contributed by atoms with Gasteiger partial charge in [-0.1, -0.05) is 36.4 Å². The molecule has 1 amide bonds. The fraction of sp³-hybridized carbons (Fsp3) is 0.423. The molecule has 4 rings (SSSR count). The molecule has 2 aliphatic rings. The summed E-state index contributed by atoms with van der Waals surface area (Å²) >= 11 is 0. The minimum atomic E-state index is -3.65. The molecule has 4 N–H and O–H groups in total. The van der Waals surface area contributed by atoms with Crippen molar-refractivity contribution >= 4 is 33.6 Å². The number of amides is 1. The molecule has 0 saturated carbocycles. The Morgan fingerprint density at radius 2 is 1.45 bits per heavy atom. The van der Waals surface area contributed by atoms with Gasteiger partial charge in [-0.25, -0.2) is 18.0 Å². The number of nitrogens with zero attached hydrogens (tertiary/aromatic N) is 2. The molecule has 0 spiro atoms. The Bertz CT molecular complexity index is 1220. The van der Waals surface area contributed by atoms with Crippen LogP contribution in [0.4, 0.5) is 5.69 Å². The molecule has 2 saturated heterocycles. The van der Waals surface area contributed by atoms with Gasteiger partial charge in [0, 0.05) is 45.0 Å². The molecule has 40 heavy (non-hydrogen) atoms. The van der Waals surface area contributed by atoms with Gasteiger partial charge in [0.1, 0.15) is 6.04 Å². The number of benzene rings is 2. The number of hydrogen-bond donors (Lipinski definition) is 4. The molecule has 13 nitrogen and oxygen atoms in total. The highest BCUT2D eigenvalue weighted by molar-refractivity contribution is 7.89. The number of nitrogens with one attached hydrogen (secondary N) is 2. The van der Waals surface area contributed by atoms with Crippen LogP contribution in [-0.2, 0) is 33.9 Å². The minimum absolute atomic E-state index is 0.156. The number of anilines is 1. The number of carboxylic acids is 2. The number of carbonyl (C=O) groups is 3. The van der Waals surface area contributed by atoms with Crippen molar-refractivity contribution < 1.29 is 42.5 Å². The maximum absolute atomic E-state index is 13.3. The van der Waals surface area contributed by atoms with Crippen molar-refractivity contribution in [1.29, 1.82) is 0 Å². The van der Waals surface area contributed by atoms with E-state index in [1.807, 2.05) is 30.3 Å². The third kappa shape index (κ3) is 9.36. The molecule has 2 aromatic rings. The zero-order chi connectivity index (χ0) is 29.0. The highest BCUT2D eigenvalue weighted by atomic mass is 32.2. The van der Waals surface area contributed by atoms with E-state index in [2.05, 4.69) is 15.5 Å². The first-order chi connectivity index (χ1) is 19.2. The fourth-order valence-electron chi connectivity index (χ4n) is 4.08. The number of ether oxygens (including phenoxy) is 2. The second-order valence-corrected chi connectivity index (χ2v) is 10.8. The van der Waals surface area contributed by atoms with Crippen molar-refractivity contribution in [2.75, 3.05) is 71.0 Å². The van der Waals surface area contributed by atoms with Crippen molar-refractivity contribution in [1.82, 2.24) is 14.5 Å². The molecule has 0 bridgehead atoms. The van der Waals surface area contributed by atoms with E-state index in [-0.39, 0.29) is 10.8 Å². The van der Waals surface area contributed by atoms with Gasteiger partial charge in [0.2, 0.25) is 15.9 Å². The molecule has 0 radical (unpaired) electrons. The predicted octanol–water partition coefficient (Wildman–Crippen LogP) is 0.465. The number of carbonyl (C=O) groups excluding carboxylic acids is 1. The van der Waals surface area contributed by atoms with Gasteiger partial charge < -0.3 is 30.3 Å². The molecule has 2 heterocycles. The van der Waals surface area contributed by atoms with E-state index >= 15 is 0 Å². The van der Waals surface area contributed by atoms with Gasteiger partial charge in [-0.3, -0.25) is 9.69 Å². The zero-order valence-corrected chi connectivity index (χ0v) is 22.7. The Kier molecular flexibility index (Phi) is 12.0. The van der Waals surface area contributed by atoms with Crippen molar-refractivity contribution in [2.45, 2.75) is 10.9 Å². The van der Waals surface area contributed by atoms with Gasteiger partial charge >= 0.3 is 11.9 Å². The van der Waals surface area contributed by atoms with Gasteiger partial charge in [0.25, 0.3) is 0 Å². The lowest BCUT2D eigenvalue weighted by atomic mass is 10.1. The van der Waals surface area contributed by atoms with E-state index in [1.165, 1.54) is 10.4 Å². The molecule has 14 heteroatoms. The number of morpholine rings is 2. The number of sulfonamides is 1. The van der Waals surface area contributed by atoms with Gasteiger partial charge in [-0.05, 0) is 23.8 Å². The van der Waals surface area contributed by atoms with Crippen molar-refractivity contribution in [3.05, 3.63) is 60.2 Å². The number of aliphatic carboxylic acids is 2. The Morgan fingerprint density at radius 3 is 2.05 bits per heavy atom. The molecule has 2 fully saturated rings. The average molecular weight is 579 g/mol.